The fraction of sp³-hybridized carbons (Fsp3) is 0.775. The minimum atomic E-state index is -1.01. The first-order valence-electron chi connectivity index (χ1n) is 19.3. The molecule has 7 nitrogen and oxygen atoms in total. The highest BCUT2D eigenvalue weighted by molar-refractivity contribution is 5.83. The number of nitrogens with one attached hydrogen (secondary N) is 1. The van der Waals surface area contributed by atoms with E-state index in [0.29, 0.717) is 32.2 Å². The second-order valence-electron chi connectivity index (χ2n) is 13.0. The van der Waals surface area contributed by atoms with E-state index in [1.54, 1.807) is 0 Å². The van der Waals surface area contributed by atoms with Crippen LogP contribution in [0.4, 0.5) is 0 Å². The molecule has 0 aromatic heterocycles. The number of unbranched alkanes of at least 4 members (excludes halogenated alkanes) is 16. The van der Waals surface area contributed by atoms with Crippen molar-refractivity contribution in [2.45, 2.75) is 193 Å². The van der Waals surface area contributed by atoms with Crippen molar-refractivity contribution in [3.05, 3.63) is 36.5 Å². The van der Waals surface area contributed by atoms with Crippen molar-refractivity contribution in [3.8, 4) is 0 Å². The van der Waals surface area contributed by atoms with Crippen LogP contribution in [0.25, 0.3) is 0 Å². The van der Waals surface area contributed by atoms with Gasteiger partial charge in [-0.25, -0.2) is 4.79 Å². The molecule has 47 heavy (non-hydrogen) atoms. The van der Waals surface area contributed by atoms with Crippen LogP contribution in [0.3, 0.4) is 0 Å². The average Bonchev–Trinajstić information content (AvgIpc) is 3.05. The van der Waals surface area contributed by atoms with Crippen molar-refractivity contribution in [1.82, 2.24) is 5.32 Å². The zero-order valence-corrected chi connectivity index (χ0v) is 30.4. The van der Waals surface area contributed by atoms with Crippen LogP contribution in [-0.4, -0.2) is 41.6 Å². The van der Waals surface area contributed by atoms with Crippen molar-refractivity contribution < 1.29 is 24.2 Å². The quantitative estimate of drug-likeness (QED) is 0.0359. The standard InChI is InChI=1S/C40H72N2O5/c1-3-5-7-9-11-13-14-15-16-18-24-28-34-39(44)47-36(30-25-21-17-12-10-8-6-4-2)31-26-22-19-20-23-27-33-38(43)42-37(40(45)46)32-29-35-41/h11-13,17,25,30,36-37H,3-10,14-16,18-24,26-29,31-35,41H2,1-2H3,(H,42,43)(H,45,46)/b13-11-,17-12-,30-25-. The summed E-state index contributed by atoms with van der Waals surface area (Å²) in [4.78, 5) is 36.1. The van der Waals surface area contributed by atoms with Crippen LogP contribution in [0.1, 0.15) is 181 Å². The number of allylic oxidation sites excluding steroid dienone is 5. The van der Waals surface area contributed by atoms with E-state index in [4.69, 9.17) is 10.5 Å². The summed E-state index contributed by atoms with van der Waals surface area (Å²) < 4.78 is 5.90. The Bertz CT molecular complexity index is 838. The number of carboxylic acids is 1. The molecule has 2 unspecified atom stereocenters. The van der Waals surface area contributed by atoms with Gasteiger partial charge in [-0.2, -0.15) is 0 Å². The van der Waals surface area contributed by atoms with Crippen LogP contribution in [-0.2, 0) is 19.1 Å². The Kier molecular flexibility index (Phi) is 33.1. The van der Waals surface area contributed by atoms with Crippen molar-refractivity contribution >= 4 is 17.8 Å². The Balaban J connectivity index is 4.33. The molecule has 0 aromatic rings. The van der Waals surface area contributed by atoms with Gasteiger partial charge in [-0.05, 0) is 96.1 Å². The third kappa shape index (κ3) is 31.9. The molecule has 0 aromatic carbocycles. The van der Waals surface area contributed by atoms with Gasteiger partial charge in [0.15, 0.2) is 0 Å². The highest BCUT2D eigenvalue weighted by atomic mass is 16.5. The number of nitrogens with two attached hydrogens (primary N) is 1. The minimum absolute atomic E-state index is 0.0868. The van der Waals surface area contributed by atoms with Crippen molar-refractivity contribution in [2.75, 3.05) is 6.54 Å². The van der Waals surface area contributed by atoms with Gasteiger partial charge in [0.1, 0.15) is 12.1 Å². The highest BCUT2D eigenvalue weighted by Gasteiger charge is 2.18. The number of carbonyl (C=O) groups is 3. The van der Waals surface area contributed by atoms with E-state index in [1.807, 2.05) is 0 Å². The molecular formula is C40H72N2O5. The molecule has 272 valence electrons. The summed E-state index contributed by atoms with van der Waals surface area (Å²) in [6, 6.07) is -0.855. The monoisotopic (exact) mass is 661 g/mol. The molecule has 0 saturated carbocycles. The number of carboxylic acid groups (broad SMARTS) is 1. The molecule has 1 amide bonds. The number of esters is 1. The second-order valence-corrected chi connectivity index (χ2v) is 13.0. The van der Waals surface area contributed by atoms with Gasteiger partial charge in [-0.15, -0.1) is 0 Å². The fourth-order valence-corrected chi connectivity index (χ4v) is 5.45. The summed E-state index contributed by atoms with van der Waals surface area (Å²) in [5.74, 6) is -1.30. The van der Waals surface area contributed by atoms with Crippen LogP contribution < -0.4 is 11.1 Å². The molecule has 2 atom stereocenters. The molecule has 7 heteroatoms. The molecule has 0 rings (SSSR count). The van der Waals surface area contributed by atoms with Crippen LogP contribution in [0.5, 0.6) is 0 Å². The number of amides is 1. The third-order valence-corrected chi connectivity index (χ3v) is 8.41. The summed E-state index contributed by atoms with van der Waals surface area (Å²) in [5, 5.41) is 11.9. The molecule has 0 heterocycles. The third-order valence-electron chi connectivity index (χ3n) is 8.41. The lowest BCUT2D eigenvalue weighted by atomic mass is 10.0. The van der Waals surface area contributed by atoms with Crippen LogP contribution in [0.2, 0.25) is 0 Å². The number of carbonyl (C=O) groups excluding carboxylic acids is 2. The summed E-state index contributed by atoms with van der Waals surface area (Å²) in [7, 11) is 0. The highest BCUT2D eigenvalue weighted by Crippen LogP contribution is 2.15. The second kappa shape index (κ2) is 34.9. The number of aliphatic carboxylic acids is 1. The molecular weight excluding hydrogens is 588 g/mol. The maximum absolute atomic E-state index is 12.6. The van der Waals surface area contributed by atoms with E-state index < -0.39 is 12.0 Å². The summed E-state index contributed by atoms with van der Waals surface area (Å²) in [5.41, 5.74) is 5.46. The van der Waals surface area contributed by atoms with Crippen molar-refractivity contribution in [3.63, 3.8) is 0 Å². The molecule has 0 fully saturated rings. The molecule has 0 aliphatic carbocycles. The van der Waals surface area contributed by atoms with Crippen LogP contribution in [0, 0.1) is 0 Å². The lowest BCUT2D eigenvalue weighted by Crippen LogP contribution is -2.40. The van der Waals surface area contributed by atoms with E-state index in [2.05, 4.69) is 55.6 Å². The summed E-state index contributed by atoms with van der Waals surface area (Å²) >= 11 is 0. The molecule has 0 aliphatic rings. The van der Waals surface area contributed by atoms with Crippen LogP contribution >= 0.6 is 0 Å². The zero-order valence-electron chi connectivity index (χ0n) is 30.4. The van der Waals surface area contributed by atoms with Gasteiger partial charge >= 0.3 is 11.9 Å². The first-order valence-corrected chi connectivity index (χ1v) is 19.3. The fourth-order valence-electron chi connectivity index (χ4n) is 5.45. The number of rotatable bonds is 34. The minimum Gasteiger partial charge on any atom is -0.480 e. The van der Waals surface area contributed by atoms with E-state index in [0.717, 1.165) is 77.0 Å². The predicted octanol–water partition coefficient (Wildman–Crippen LogP) is 10.3. The van der Waals surface area contributed by atoms with Gasteiger partial charge in [-0.3, -0.25) is 9.59 Å². The molecule has 0 saturated heterocycles. The molecule has 4 N–H and O–H groups in total. The van der Waals surface area contributed by atoms with E-state index in [1.165, 1.54) is 64.2 Å². The van der Waals surface area contributed by atoms with Gasteiger partial charge in [0.25, 0.3) is 0 Å². The maximum atomic E-state index is 12.6. The number of hydrogen-bond acceptors (Lipinski definition) is 5. The lowest BCUT2D eigenvalue weighted by molar-refractivity contribution is -0.147. The van der Waals surface area contributed by atoms with E-state index >= 15 is 0 Å². The molecule has 0 aliphatic heterocycles. The Hall–Kier alpha value is -2.41. The van der Waals surface area contributed by atoms with Crippen molar-refractivity contribution in [1.29, 1.82) is 0 Å². The Morgan fingerprint density at radius 2 is 1.17 bits per heavy atom. The van der Waals surface area contributed by atoms with E-state index in [-0.39, 0.29) is 18.0 Å². The topological polar surface area (TPSA) is 119 Å². The first-order chi connectivity index (χ1) is 22.9. The number of ether oxygens (including phenoxy) is 1. The summed E-state index contributed by atoms with van der Waals surface area (Å²) in [6.45, 7) is 4.87. The van der Waals surface area contributed by atoms with E-state index in [9.17, 15) is 19.5 Å². The molecule has 0 spiro atoms. The van der Waals surface area contributed by atoms with Gasteiger partial charge in [0.2, 0.25) is 5.91 Å². The molecule has 0 bridgehead atoms. The Morgan fingerprint density at radius 1 is 0.638 bits per heavy atom. The first kappa shape index (κ1) is 44.6. The largest absolute Gasteiger partial charge is 0.480 e. The smallest absolute Gasteiger partial charge is 0.326 e. The zero-order chi connectivity index (χ0) is 34.6. The normalized spacial score (nSPS) is 13.1. The Morgan fingerprint density at radius 3 is 1.77 bits per heavy atom. The Labute approximate surface area is 288 Å². The predicted molar refractivity (Wildman–Crippen MR) is 197 cm³/mol. The summed E-state index contributed by atoms with van der Waals surface area (Å²) in [6.07, 6.45) is 39.2. The van der Waals surface area contributed by atoms with Crippen molar-refractivity contribution in [2.24, 2.45) is 5.73 Å². The SMILES string of the molecule is CCCCC/C=C\C/C=C\C(CCCCCCCCC(=O)NC(CCCN)C(=O)O)OC(=O)CCCCCCC/C=C\CCCCC. The van der Waals surface area contributed by atoms with Gasteiger partial charge in [0, 0.05) is 12.8 Å². The van der Waals surface area contributed by atoms with Gasteiger partial charge < -0.3 is 20.9 Å². The number of hydrogen-bond donors (Lipinski definition) is 3. The maximum Gasteiger partial charge on any atom is 0.326 e. The molecule has 0 radical (unpaired) electrons. The average molecular weight is 661 g/mol. The van der Waals surface area contributed by atoms with Gasteiger partial charge in [0.05, 0.1) is 0 Å². The van der Waals surface area contributed by atoms with Crippen LogP contribution in [0.15, 0.2) is 36.5 Å². The van der Waals surface area contributed by atoms with Gasteiger partial charge in [-0.1, -0.05) is 115 Å². The lowest BCUT2D eigenvalue weighted by Gasteiger charge is -2.15.